The standard InChI is InChI=1S/C13H9BrClN3O2S/c14-10-3-2-9(6-11(10)15)18-21(19,20)13-4-1-8(7-16)5-12(13)17/h1-6,18H,17H2. The minimum atomic E-state index is -3.86. The summed E-state index contributed by atoms with van der Waals surface area (Å²) in [6.45, 7) is 0. The number of rotatable bonds is 3. The lowest BCUT2D eigenvalue weighted by Crippen LogP contribution is -2.14. The summed E-state index contributed by atoms with van der Waals surface area (Å²) in [5.74, 6) is 0. The summed E-state index contributed by atoms with van der Waals surface area (Å²) in [5.41, 5.74) is 6.29. The Hall–Kier alpha value is -1.75. The van der Waals surface area contributed by atoms with Gasteiger partial charge in [-0.2, -0.15) is 5.26 Å². The smallest absolute Gasteiger partial charge is 0.263 e. The van der Waals surface area contributed by atoms with Crippen molar-refractivity contribution in [3.63, 3.8) is 0 Å². The molecule has 0 unspecified atom stereocenters. The van der Waals surface area contributed by atoms with Crippen molar-refractivity contribution in [3.8, 4) is 6.07 Å². The molecule has 21 heavy (non-hydrogen) atoms. The summed E-state index contributed by atoms with van der Waals surface area (Å²) in [6, 6.07) is 10.5. The topological polar surface area (TPSA) is 96.0 Å². The van der Waals surface area contributed by atoms with Gasteiger partial charge in [0, 0.05) is 4.47 Å². The highest BCUT2D eigenvalue weighted by Crippen LogP contribution is 2.28. The molecule has 0 spiro atoms. The van der Waals surface area contributed by atoms with E-state index < -0.39 is 10.0 Å². The fourth-order valence-electron chi connectivity index (χ4n) is 1.63. The maximum absolute atomic E-state index is 12.3. The quantitative estimate of drug-likeness (QED) is 0.791. The Morgan fingerprint density at radius 3 is 2.52 bits per heavy atom. The highest BCUT2D eigenvalue weighted by molar-refractivity contribution is 9.10. The molecule has 2 rings (SSSR count). The number of nitriles is 1. The van der Waals surface area contributed by atoms with E-state index >= 15 is 0 Å². The monoisotopic (exact) mass is 385 g/mol. The molecular formula is C13H9BrClN3O2S. The number of anilines is 2. The van der Waals surface area contributed by atoms with Gasteiger partial charge in [0.05, 0.1) is 28.0 Å². The molecule has 0 amide bonds. The number of nitrogens with one attached hydrogen (secondary N) is 1. The van der Waals surface area contributed by atoms with Crippen LogP contribution in [0.2, 0.25) is 5.02 Å². The first-order valence-corrected chi connectivity index (χ1v) is 8.26. The van der Waals surface area contributed by atoms with Gasteiger partial charge in [-0.1, -0.05) is 11.6 Å². The first-order chi connectivity index (χ1) is 9.83. The van der Waals surface area contributed by atoms with Crippen LogP contribution in [0.5, 0.6) is 0 Å². The van der Waals surface area contributed by atoms with Gasteiger partial charge in [-0.25, -0.2) is 8.42 Å². The van der Waals surface area contributed by atoms with Crippen LogP contribution in [0, 0.1) is 11.3 Å². The molecule has 0 heterocycles. The third kappa shape index (κ3) is 3.47. The van der Waals surface area contributed by atoms with E-state index in [9.17, 15) is 8.42 Å². The van der Waals surface area contributed by atoms with Crippen LogP contribution in [0.25, 0.3) is 0 Å². The van der Waals surface area contributed by atoms with Crippen LogP contribution in [0.4, 0.5) is 11.4 Å². The summed E-state index contributed by atoms with van der Waals surface area (Å²) in [6.07, 6.45) is 0. The van der Waals surface area contributed by atoms with E-state index in [1.807, 2.05) is 6.07 Å². The molecule has 0 saturated heterocycles. The number of sulfonamides is 1. The predicted octanol–water partition coefficient (Wildman–Crippen LogP) is 3.36. The molecule has 0 saturated carbocycles. The van der Waals surface area contributed by atoms with Crippen molar-refractivity contribution in [3.05, 3.63) is 51.5 Å². The summed E-state index contributed by atoms with van der Waals surface area (Å²) in [7, 11) is -3.86. The molecule has 0 fully saturated rings. The van der Waals surface area contributed by atoms with Gasteiger partial charge in [0.15, 0.2) is 0 Å². The molecule has 5 nitrogen and oxygen atoms in total. The summed E-state index contributed by atoms with van der Waals surface area (Å²) in [5, 5.41) is 9.14. The lowest BCUT2D eigenvalue weighted by molar-refractivity contribution is 0.601. The zero-order chi connectivity index (χ0) is 15.6. The first kappa shape index (κ1) is 15.6. The van der Waals surface area contributed by atoms with Crippen molar-refractivity contribution in [2.75, 3.05) is 10.5 Å². The van der Waals surface area contributed by atoms with Crippen molar-refractivity contribution >= 4 is 48.9 Å². The number of halogens is 2. The second kappa shape index (κ2) is 5.93. The number of nitrogens with zero attached hydrogens (tertiary/aromatic N) is 1. The van der Waals surface area contributed by atoms with E-state index in [-0.39, 0.29) is 16.1 Å². The Labute approximate surface area is 135 Å². The summed E-state index contributed by atoms with van der Waals surface area (Å²) < 4.78 is 27.6. The van der Waals surface area contributed by atoms with E-state index in [0.29, 0.717) is 15.2 Å². The minimum absolute atomic E-state index is 0.00441. The summed E-state index contributed by atoms with van der Waals surface area (Å²) >= 11 is 9.14. The number of nitrogen functional groups attached to an aromatic ring is 1. The Kier molecular flexibility index (Phi) is 4.42. The fourth-order valence-corrected chi connectivity index (χ4v) is 3.22. The van der Waals surface area contributed by atoms with E-state index in [0.717, 1.165) is 0 Å². The average molecular weight is 387 g/mol. The third-order valence-corrected chi connectivity index (χ3v) is 5.29. The largest absolute Gasteiger partial charge is 0.398 e. The van der Waals surface area contributed by atoms with Crippen molar-refractivity contribution < 1.29 is 8.42 Å². The SMILES string of the molecule is N#Cc1ccc(S(=O)(=O)Nc2ccc(Br)c(Cl)c2)c(N)c1. The number of hydrogen-bond donors (Lipinski definition) is 2. The number of benzene rings is 2. The molecule has 8 heteroatoms. The van der Waals surface area contributed by atoms with Crippen LogP contribution in [0.1, 0.15) is 5.56 Å². The van der Waals surface area contributed by atoms with E-state index in [1.54, 1.807) is 12.1 Å². The van der Waals surface area contributed by atoms with Gasteiger partial charge in [-0.05, 0) is 52.3 Å². The van der Waals surface area contributed by atoms with Crippen LogP contribution in [-0.2, 0) is 10.0 Å². The first-order valence-electron chi connectivity index (χ1n) is 5.61. The molecule has 0 bridgehead atoms. The van der Waals surface area contributed by atoms with Crippen LogP contribution in [0.15, 0.2) is 45.8 Å². The molecule has 0 aliphatic carbocycles. The van der Waals surface area contributed by atoms with Crippen LogP contribution < -0.4 is 10.5 Å². The minimum Gasteiger partial charge on any atom is -0.398 e. The second-order valence-corrected chi connectivity index (χ2v) is 7.01. The molecule has 0 radical (unpaired) electrons. The number of hydrogen-bond acceptors (Lipinski definition) is 4. The lowest BCUT2D eigenvalue weighted by atomic mass is 10.2. The molecule has 0 aliphatic heterocycles. The normalized spacial score (nSPS) is 10.9. The van der Waals surface area contributed by atoms with Crippen molar-refractivity contribution in [2.45, 2.75) is 4.90 Å². The van der Waals surface area contributed by atoms with E-state index in [2.05, 4.69) is 20.7 Å². The Bertz CT molecular complexity index is 847. The fraction of sp³-hybridized carbons (Fsp3) is 0. The van der Waals surface area contributed by atoms with Gasteiger partial charge in [-0.15, -0.1) is 0 Å². The van der Waals surface area contributed by atoms with Gasteiger partial charge in [0.1, 0.15) is 4.90 Å². The Morgan fingerprint density at radius 1 is 1.24 bits per heavy atom. The maximum atomic E-state index is 12.3. The molecular weight excluding hydrogens is 378 g/mol. The van der Waals surface area contributed by atoms with Gasteiger partial charge in [0.2, 0.25) is 0 Å². The molecule has 2 aromatic rings. The van der Waals surface area contributed by atoms with Crippen LogP contribution >= 0.6 is 27.5 Å². The van der Waals surface area contributed by atoms with Crippen molar-refractivity contribution in [2.24, 2.45) is 0 Å². The Morgan fingerprint density at radius 2 is 1.95 bits per heavy atom. The van der Waals surface area contributed by atoms with E-state index in [4.69, 9.17) is 22.6 Å². The third-order valence-electron chi connectivity index (χ3n) is 2.60. The molecule has 3 N–H and O–H groups in total. The predicted molar refractivity (Wildman–Crippen MR) is 85.5 cm³/mol. The zero-order valence-corrected chi connectivity index (χ0v) is 13.6. The molecule has 0 atom stereocenters. The van der Waals surface area contributed by atoms with Gasteiger partial charge in [-0.3, -0.25) is 4.72 Å². The van der Waals surface area contributed by atoms with Crippen molar-refractivity contribution in [1.29, 1.82) is 5.26 Å². The van der Waals surface area contributed by atoms with Crippen LogP contribution in [0.3, 0.4) is 0 Å². The van der Waals surface area contributed by atoms with Gasteiger partial charge < -0.3 is 5.73 Å². The maximum Gasteiger partial charge on any atom is 0.263 e. The highest BCUT2D eigenvalue weighted by atomic mass is 79.9. The molecule has 2 aromatic carbocycles. The highest BCUT2D eigenvalue weighted by Gasteiger charge is 2.18. The lowest BCUT2D eigenvalue weighted by Gasteiger charge is -2.11. The molecule has 0 aliphatic rings. The van der Waals surface area contributed by atoms with Crippen LogP contribution in [-0.4, -0.2) is 8.42 Å². The second-order valence-electron chi connectivity index (χ2n) is 4.10. The summed E-state index contributed by atoms with van der Waals surface area (Å²) in [4.78, 5) is -0.0967. The van der Waals surface area contributed by atoms with E-state index in [1.165, 1.54) is 24.3 Å². The van der Waals surface area contributed by atoms with Gasteiger partial charge in [0.25, 0.3) is 10.0 Å². The zero-order valence-electron chi connectivity index (χ0n) is 10.5. The average Bonchev–Trinajstić information content (AvgIpc) is 2.42. The Balaban J connectivity index is 2.38. The van der Waals surface area contributed by atoms with Gasteiger partial charge >= 0.3 is 0 Å². The number of nitrogens with two attached hydrogens (primary N) is 1. The molecule has 108 valence electrons. The molecule has 0 aromatic heterocycles. The van der Waals surface area contributed by atoms with Crippen molar-refractivity contribution in [1.82, 2.24) is 0 Å².